The average molecular weight is 601 g/mol. The predicted octanol–water partition coefficient (Wildman–Crippen LogP) is 6.37. The summed E-state index contributed by atoms with van der Waals surface area (Å²) in [5, 5.41) is 4.19. The summed E-state index contributed by atoms with van der Waals surface area (Å²) < 4.78 is 71.6. The maximum absolute atomic E-state index is 14.7. The molecule has 41 heavy (non-hydrogen) atoms. The lowest BCUT2D eigenvalue weighted by Crippen LogP contribution is -2.50. The zero-order valence-corrected chi connectivity index (χ0v) is 25.4. The zero-order valence-electron chi connectivity index (χ0n) is 24.6. The second-order valence-corrected chi connectivity index (χ2v) is 15.0. The molecule has 3 fully saturated rings. The van der Waals surface area contributed by atoms with Crippen molar-refractivity contribution in [2.24, 2.45) is 11.8 Å². The number of likely N-dealkylation sites (tertiary alicyclic amines) is 1. The Hall–Kier alpha value is -1.62. The van der Waals surface area contributed by atoms with Crippen LogP contribution >= 0.6 is 0 Å². The van der Waals surface area contributed by atoms with Gasteiger partial charge in [0.05, 0.1) is 17.5 Å². The molecular formula is C30H47F3N4O3S. The molecule has 0 bridgehead atoms. The van der Waals surface area contributed by atoms with Crippen molar-refractivity contribution in [2.75, 3.05) is 32.4 Å². The lowest BCUT2D eigenvalue weighted by Gasteiger charge is -2.50. The molecule has 3 aliphatic heterocycles. The van der Waals surface area contributed by atoms with Crippen molar-refractivity contribution in [1.82, 2.24) is 19.0 Å². The van der Waals surface area contributed by atoms with E-state index in [2.05, 4.69) is 5.10 Å². The predicted molar refractivity (Wildman–Crippen MR) is 152 cm³/mol. The summed E-state index contributed by atoms with van der Waals surface area (Å²) in [6.45, 7) is 2.23. The highest BCUT2D eigenvalue weighted by Gasteiger charge is 2.54. The SMILES string of the molecule is CS(=O)(=O)N1CCC(C2CCn3nc(C(F)(F)F)c(C(=O)N4CCCCCC4)c3C23CCCCCCCCC3)CC1. The Bertz CT molecular complexity index is 1160. The van der Waals surface area contributed by atoms with E-state index in [0.29, 0.717) is 57.7 Å². The van der Waals surface area contributed by atoms with Gasteiger partial charge < -0.3 is 4.90 Å². The maximum atomic E-state index is 14.7. The first kappa shape index (κ1) is 30.8. The number of hydrogen-bond donors (Lipinski definition) is 0. The summed E-state index contributed by atoms with van der Waals surface area (Å²) in [5.74, 6) is -0.191. The van der Waals surface area contributed by atoms with Crippen molar-refractivity contribution in [3.63, 3.8) is 0 Å². The summed E-state index contributed by atoms with van der Waals surface area (Å²) in [7, 11) is -3.28. The molecule has 0 N–H and O–H groups in total. The quantitative estimate of drug-likeness (QED) is 0.404. The highest BCUT2D eigenvalue weighted by atomic mass is 32.2. The van der Waals surface area contributed by atoms with Gasteiger partial charge in [0.15, 0.2) is 5.69 Å². The molecule has 1 saturated carbocycles. The second kappa shape index (κ2) is 12.5. The van der Waals surface area contributed by atoms with Gasteiger partial charge >= 0.3 is 6.18 Å². The van der Waals surface area contributed by atoms with Crippen LogP contribution in [0.1, 0.15) is 124 Å². The molecule has 11 heteroatoms. The molecular weight excluding hydrogens is 553 g/mol. The van der Waals surface area contributed by atoms with Crippen molar-refractivity contribution < 1.29 is 26.4 Å². The minimum atomic E-state index is -4.71. The molecule has 4 heterocycles. The van der Waals surface area contributed by atoms with Gasteiger partial charge in [0.25, 0.3) is 5.91 Å². The number of piperidine rings is 1. The molecule has 1 amide bonds. The number of alkyl halides is 3. The number of aryl methyl sites for hydroxylation is 1. The van der Waals surface area contributed by atoms with Crippen LogP contribution in [0.3, 0.4) is 0 Å². The van der Waals surface area contributed by atoms with Crippen LogP contribution in [0.15, 0.2) is 0 Å². The van der Waals surface area contributed by atoms with Gasteiger partial charge in [-0.1, -0.05) is 57.8 Å². The van der Waals surface area contributed by atoms with Gasteiger partial charge in [0.1, 0.15) is 0 Å². The van der Waals surface area contributed by atoms with E-state index in [4.69, 9.17) is 0 Å². The van der Waals surface area contributed by atoms with Crippen LogP contribution in [-0.4, -0.2) is 65.7 Å². The minimum absolute atomic E-state index is 0.101. The topological polar surface area (TPSA) is 75.5 Å². The van der Waals surface area contributed by atoms with E-state index >= 15 is 0 Å². The fourth-order valence-corrected chi connectivity index (χ4v) is 9.34. The fourth-order valence-electron chi connectivity index (χ4n) is 8.47. The number of sulfonamides is 1. The van der Waals surface area contributed by atoms with E-state index in [1.54, 1.807) is 9.58 Å². The van der Waals surface area contributed by atoms with E-state index in [1.807, 2.05) is 0 Å². The smallest absolute Gasteiger partial charge is 0.339 e. The third-order valence-corrected chi connectivity index (χ3v) is 11.7. The van der Waals surface area contributed by atoms with Crippen molar-refractivity contribution in [1.29, 1.82) is 0 Å². The van der Waals surface area contributed by atoms with Gasteiger partial charge in [0.2, 0.25) is 10.0 Å². The number of carbonyl (C=O) groups excluding carboxylic acids is 1. The minimum Gasteiger partial charge on any atom is -0.339 e. The van der Waals surface area contributed by atoms with Crippen molar-refractivity contribution in [3.8, 4) is 0 Å². The summed E-state index contributed by atoms with van der Waals surface area (Å²) in [6.07, 6.45) is 11.1. The molecule has 1 spiro atoms. The number of hydrogen-bond acceptors (Lipinski definition) is 4. The molecule has 2 saturated heterocycles. The molecule has 0 aromatic carbocycles. The first-order chi connectivity index (χ1) is 19.5. The average Bonchev–Trinajstić information content (AvgIpc) is 3.14. The van der Waals surface area contributed by atoms with Gasteiger partial charge in [-0.3, -0.25) is 9.48 Å². The van der Waals surface area contributed by atoms with Crippen LogP contribution in [-0.2, 0) is 28.2 Å². The first-order valence-corrected chi connectivity index (χ1v) is 17.8. The third kappa shape index (κ3) is 6.50. The maximum Gasteiger partial charge on any atom is 0.435 e. The van der Waals surface area contributed by atoms with Crippen molar-refractivity contribution in [2.45, 2.75) is 121 Å². The molecule has 1 aromatic heterocycles. The third-order valence-electron chi connectivity index (χ3n) is 10.4. The molecule has 1 unspecified atom stereocenters. The van der Waals surface area contributed by atoms with Crippen molar-refractivity contribution >= 4 is 15.9 Å². The molecule has 1 atom stereocenters. The molecule has 4 aliphatic rings. The highest BCUT2D eigenvalue weighted by Crippen LogP contribution is 2.54. The first-order valence-electron chi connectivity index (χ1n) is 16.0. The Labute approximate surface area is 243 Å². The van der Waals surface area contributed by atoms with Crippen LogP contribution in [0, 0.1) is 11.8 Å². The van der Waals surface area contributed by atoms with Gasteiger partial charge in [-0.2, -0.15) is 18.3 Å². The number of carbonyl (C=O) groups is 1. The fraction of sp³-hybridized carbons (Fsp3) is 0.867. The molecule has 1 aromatic rings. The summed E-state index contributed by atoms with van der Waals surface area (Å²) >= 11 is 0. The molecule has 1 aliphatic carbocycles. The van der Waals surface area contributed by atoms with E-state index in [-0.39, 0.29) is 17.4 Å². The second-order valence-electron chi connectivity index (χ2n) is 13.0. The largest absolute Gasteiger partial charge is 0.435 e. The van der Waals surface area contributed by atoms with Crippen LogP contribution in [0.5, 0.6) is 0 Å². The van der Waals surface area contributed by atoms with Crippen LogP contribution < -0.4 is 0 Å². The number of rotatable bonds is 3. The van der Waals surface area contributed by atoms with Crippen molar-refractivity contribution in [3.05, 3.63) is 17.0 Å². The van der Waals surface area contributed by atoms with Crippen LogP contribution in [0.4, 0.5) is 13.2 Å². The normalized spacial score (nSPS) is 26.0. The van der Waals surface area contributed by atoms with Crippen LogP contribution in [0.2, 0.25) is 0 Å². The Balaban J connectivity index is 1.62. The number of amides is 1. The molecule has 232 valence electrons. The summed E-state index contributed by atoms with van der Waals surface area (Å²) in [5.41, 5.74) is -1.22. The Morgan fingerprint density at radius 2 is 1.34 bits per heavy atom. The Morgan fingerprint density at radius 3 is 1.88 bits per heavy atom. The highest BCUT2D eigenvalue weighted by molar-refractivity contribution is 7.88. The van der Waals surface area contributed by atoms with E-state index in [0.717, 1.165) is 77.0 Å². The number of aromatic nitrogens is 2. The van der Waals surface area contributed by atoms with Gasteiger partial charge in [0, 0.05) is 38.1 Å². The Kier molecular flexibility index (Phi) is 9.43. The zero-order chi connectivity index (χ0) is 29.3. The van der Waals surface area contributed by atoms with Gasteiger partial charge in [-0.15, -0.1) is 0 Å². The lowest BCUT2D eigenvalue weighted by atomic mass is 9.57. The lowest BCUT2D eigenvalue weighted by molar-refractivity contribution is -0.141. The molecule has 5 rings (SSSR count). The van der Waals surface area contributed by atoms with E-state index in [9.17, 15) is 26.4 Å². The van der Waals surface area contributed by atoms with Gasteiger partial charge in [-0.05, 0) is 56.8 Å². The van der Waals surface area contributed by atoms with Gasteiger partial charge in [-0.25, -0.2) is 12.7 Å². The van der Waals surface area contributed by atoms with E-state index < -0.39 is 33.2 Å². The monoisotopic (exact) mass is 600 g/mol. The number of nitrogens with zero attached hydrogens (tertiary/aromatic N) is 4. The Morgan fingerprint density at radius 1 is 0.805 bits per heavy atom. The number of halogens is 3. The number of fused-ring (bicyclic) bond motifs is 2. The summed E-state index contributed by atoms with van der Waals surface area (Å²) in [6, 6.07) is 0. The van der Waals surface area contributed by atoms with Crippen LogP contribution in [0.25, 0.3) is 0 Å². The molecule has 0 radical (unpaired) electrons. The molecule has 7 nitrogen and oxygen atoms in total. The summed E-state index contributed by atoms with van der Waals surface area (Å²) in [4.78, 5) is 15.8. The van der Waals surface area contributed by atoms with E-state index in [1.165, 1.54) is 17.0 Å². The standard InChI is InChI=1S/C30H47F3N4O3S/c1-41(39,40)36-20-13-23(14-21-36)24-15-22-37-27(29(24)16-9-5-3-2-4-6-10-17-29)25(26(34-37)30(31,32)33)28(38)35-18-11-7-8-12-19-35/h23-24H,2-22H2,1H3.